The van der Waals surface area contributed by atoms with Gasteiger partial charge >= 0.3 is 21.1 Å². The average molecular weight is 794 g/mol. The molecule has 0 N–H and O–H groups in total. The molecule has 13 heteroatoms. The topological polar surface area (TPSA) is 70.0 Å². The van der Waals surface area contributed by atoms with Crippen LogP contribution in [0.3, 0.4) is 0 Å². The third-order valence-electron chi connectivity index (χ3n) is 5.73. The molecule has 0 radical (unpaired) electrons. The van der Waals surface area contributed by atoms with E-state index in [1.165, 1.54) is 0 Å². The van der Waals surface area contributed by atoms with Crippen molar-refractivity contribution in [1.82, 2.24) is 19.9 Å². The van der Waals surface area contributed by atoms with Gasteiger partial charge in [-0.15, -0.1) is 12.1 Å². The molecule has 4 aromatic rings. The van der Waals surface area contributed by atoms with E-state index >= 15 is 0 Å². The molecule has 224 valence electrons. The van der Waals surface area contributed by atoms with Crippen LogP contribution in [-0.2, 0) is 26.5 Å². The van der Waals surface area contributed by atoms with Gasteiger partial charge in [0.1, 0.15) is 23.8 Å². The largest absolute Gasteiger partial charge is 2.00 e. The first-order valence-electron chi connectivity index (χ1n) is 12.8. The third kappa shape index (κ3) is 8.11. The molecule has 4 aromatic heterocycles. The molecule has 0 aromatic carbocycles. The van der Waals surface area contributed by atoms with Crippen LogP contribution in [0.1, 0.15) is 25.2 Å². The van der Waals surface area contributed by atoms with E-state index in [0.29, 0.717) is 22.9 Å². The molecule has 4 rings (SSSR count). The molecule has 0 saturated carbocycles. The van der Waals surface area contributed by atoms with Gasteiger partial charge in [-0.25, -0.2) is 17.6 Å². The maximum atomic E-state index is 14.7. The van der Waals surface area contributed by atoms with Crippen LogP contribution in [0, 0.1) is 35.9 Å². The number of halogens is 4. The van der Waals surface area contributed by atoms with Gasteiger partial charge in [0.15, 0.2) is 0 Å². The second kappa shape index (κ2) is 12.3. The number of rotatable bonds is 8. The summed E-state index contributed by atoms with van der Waals surface area (Å²) >= 11 is 0. The Morgan fingerprint density at radius 2 is 0.976 bits per heavy atom. The van der Waals surface area contributed by atoms with E-state index in [0.717, 1.165) is 12.1 Å². The Morgan fingerprint density at radius 1 is 0.619 bits per heavy atom. The fourth-order valence-electron chi connectivity index (χ4n) is 3.97. The predicted octanol–water partition coefficient (Wildman–Crippen LogP) is 7.51. The molecule has 0 aliphatic heterocycles. The van der Waals surface area contributed by atoms with Crippen molar-refractivity contribution in [3.05, 3.63) is 83.7 Å². The molecular formula is C29H30F4N4O2PtSi2. The average Bonchev–Trinajstić information content (AvgIpc) is 2.81. The van der Waals surface area contributed by atoms with Gasteiger partial charge < -0.3 is 8.85 Å². The summed E-state index contributed by atoms with van der Waals surface area (Å²) in [6.45, 7) is 15.7. The number of nitrogens with zero attached hydrogens (tertiary/aromatic N) is 4. The standard InChI is InChI=1S/C29H30F4N4O2Si2.Pt/c1-29(2,23-15-17(38-40(3,4)5)13-21(34-23)19-9-11-25(30)36-27(19)32)24-16-18(39-41(6,7)8)14-22(35-24)20-10-12-26(31)37-28(20)33;/h11-16H,1-8H3;/q-2;+2. The van der Waals surface area contributed by atoms with Crippen molar-refractivity contribution in [2.45, 2.75) is 58.5 Å². The number of aromatic nitrogens is 4. The summed E-state index contributed by atoms with van der Waals surface area (Å²) in [5.41, 5.74) is -0.0618. The van der Waals surface area contributed by atoms with Crippen LogP contribution >= 0.6 is 0 Å². The van der Waals surface area contributed by atoms with E-state index in [1.54, 1.807) is 24.3 Å². The normalized spacial score (nSPS) is 12.1. The smallest absolute Gasteiger partial charge is 0.545 e. The van der Waals surface area contributed by atoms with Crippen LogP contribution in [0.2, 0.25) is 39.3 Å². The maximum absolute atomic E-state index is 14.7. The molecular weight excluding hydrogens is 764 g/mol. The Kier molecular flexibility index (Phi) is 9.85. The van der Waals surface area contributed by atoms with Crippen molar-refractivity contribution in [1.29, 1.82) is 0 Å². The summed E-state index contributed by atoms with van der Waals surface area (Å²) in [7, 11) is -4.25. The van der Waals surface area contributed by atoms with Crippen LogP contribution < -0.4 is 8.85 Å². The van der Waals surface area contributed by atoms with Gasteiger partial charge in [-0.3, -0.25) is 19.9 Å². The minimum Gasteiger partial charge on any atom is -0.545 e. The molecule has 0 bridgehead atoms. The van der Waals surface area contributed by atoms with Crippen molar-refractivity contribution in [2.24, 2.45) is 0 Å². The van der Waals surface area contributed by atoms with Crippen molar-refractivity contribution in [3.63, 3.8) is 0 Å². The predicted molar refractivity (Wildman–Crippen MR) is 153 cm³/mol. The Bertz CT molecular complexity index is 1500. The third-order valence-corrected chi connectivity index (χ3v) is 7.43. The SMILES string of the molecule is CC(C)(c1cc(O[Si](C)(C)C)cc(-c2[c-]cc(F)nc2F)n1)c1cc(O[Si](C)(C)C)cc(-c2[c-]cc(F)nc2F)n1.[Pt+2]. The number of hydrogen-bond donors (Lipinski definition) is 0. The van der Waals surface area contributed by atoms with E-state index in [2.05, 4.69) is 22.1 Å². The first kappa shape index (κ1) is 33.5. The van der Waals surface area contributed by atoms with Gasteiger partial charge in [0.25, 0.3) is 0 Å². The Morgan fingerprint density at radius 3 is 1.29 bits per heavy atom. The molecule has 0 amide bonds. The van der Waals surface area contributed by atoms with Gasteiger partial charge in [-0.2, -0.15) is 0 Å². The molecule has 0 aliphatic rings. The second-order valence-electron chi connectivity index (χ2n) is 12.0. The van der Waals surface area contributed by atoms with Crippen LogP contribution in [0.4, 0.5) is 17.6 Å². The van der Waals surface area contributed by atoms with Gasteiger partial charge in [0.05, 0.1) is 11.5 Å². The van der Waals surface area contributed by atoms with Crippen molar-refractivity contribution < 1.29 is 47.5 Å². The summed E-state index contributed by atoms with van der Waals surface area (Å²) < 4.78 is 69.0. The fraction of sp³-hybridized carbons (Fsp3) is 0.310. The van der Waals surface area contributed by atoms with Crippen LogP contribution in [0.15, 0.2) is 36.4 Å². The Hall–Kier alpha value is -2.96. The Labute approximate surface area is 259 Å². The second-order valence-corrected chi connectivity index (χ2v) is 20.8. The zero-order valence-corrected chi connectivity index (χ0v) is 28.7. The summed E-state index contributed by atoms with van der Waals surface area (Å²) in [5, 5.41) is 0. The zero-order valence-electron chi connectivity index (χ0n) is 24.4. The minimum atomic E-state index is -2.13. The summed E-state index contributed by atoms with van der Waals surface area (Å²) in [4.78, 5) is 15.9. The van der Waals surface area contributed by atoms with Crippen molar-refractivity contribution in [3.8, 4) is 34.0 Å². The maximum Gasteiger partial charge on any atom is 2.00 e. The summed E-state index contributed by atoms with van der Waals surface area (Å²) in [6.07, 6.45) is 0. The van der Waals surface area contributed by atoms with Gasteiger partial charge in [0, 0.05) is 16.8 Å². The molecule has 0 atom stereocenters. The molecule has 0 spiro atoms. The van der Waals surface area contributed by atoms with Crippen molar-refractivity contribution in [2.75, 3.05) is 0 Å². The quantitative estimate of drug-likeness (QED) is 0.0797. The molecule has 0 fully saturated rings. The van der Waals surface area contributed by atoms with Crippen molar-refractivity contribution >= 4 is 16.6 Å². The van der Waals surface area contributed by atoms with E-state index in [1.807, 2.05) is 53.1 Å². The molecule has 42 heavy (non-hydrogen) atoms. The van der Waals surface area contributed by atoms with Crippen LogP contribution in [-0.4, -0.2) is 36.6 Å². The van der Waals surface area contributed by atoms with E-state index in [9.17, 15) is 17.6 Å². The summed E-state index contributed by atoms with van der Waals surface area (Å²) in [5.74, 6) is -3.26. The monoisotopic (exact) mass is 793 g/mol. The molecule has 6 nitrogen and oxygen atoms in total. The minimum absolute atomic E-state index is 0. The van der Waals surface area contributed by atoms with E-state index in [4.69, 9.17) is 18.8 Å². The van der Waals surface area contributed by atoms with Crippen LogP contribution in [0.25, 0.3) is 22.5 Å². The number of pyridine rings is 4. The summed E-state index contributed by atoms with van der Waals surface area (Å²) in [6, 6.07) is 13.6. The molecule has 0 aliphatic carbocycles. The molecule has 4 heterocycles. The van der Waals surface area contributed by atoms with Gasteiger partial charge in [-0.05, 0) is 88.8 Å². The van der Waals surface area contributed by atoms with E-state index in [-0.39, 0.29) is 43.6 Å². The van der Waals surface area contributed by atoms with Gasteiger partial charge in [-0.1, -0.05) is 23.3 Å². The first-order valence-corrected chi connectivity index (χ1v) is 19.6. The zero-order chi connectivity index (χ0) is 30.3. The van der Waals surface area contributed by atoms with Gasteiger partial charge in [0.2, 0.25) is 16.6 Å². The Balaban J connectivity index is 0.00000484. The fourth-order valence-corrected chi connectivity index (χ4v) is 5.62. The first-order chi connectivity index (χ1) is 18.9. The molecule has 0 saturated heterocycles. The molecule has 0 unspecified atom stereocenters. The number of hydrogen-bond acceptors (Lipinski definition) is 6. The van der Waals surface area contributed by atoms with E-state index < -0.39 is 45.8 Å². The van der Waals surface area contributed by atoms with Crippen LogP contribution in [0.5, 0.6) is 11.5 Å².